The molecular weight excluding hydrogens is 521 g/mol. The van der Waals surface area contributed by atoms with Gasteiger partial charge in [0.05, 0.1) is 6.54 Å². The van der Waals surface area contributed by atoms with Crippen molar-refractivity contribution in [1.29, 1.82) is 0 Å². The fourth-order valence-corrected chi connectivity index (χ4v) is 4.84. The van der Waals surface area contributed by atoms with Gasteiger partial charge in [0.25, 0.3) is 0 Å². The first-order valence-electron chi connectivity index (χ1n) is 10.8. The highest BCUT2D eigenvalue weighted by atomic mass is 35.5. The molecule has 8 nitrogen and oxygen atoms in total. The van der Waals surface area contributed by atoms with Crippen LogP contribution in [-0.4, -0.2) is 57.3 Å². The lowest BCUT2D eigenvalue weighted by atomic mass is 10.2. The number of halogens is 4. The summed E-state index contributed by atoms with van der Waals surface area (Å²) in [6.45, 7) is 0.202. The summed E-state index contributed by atoms with van der Waals surface area (Å²) in [6.07, 6.45) is -5.91. The highest BCUT2D eigenvalue weighted by Gasteiger charge is 2.40. The van der Waals surface area contributed by atoms with Crippen LogP contribution in [0.25, 0.3) is 0 Å². The van der Waals surface area contributed by atoms with Crippen molar-refractivity contribution < 1.29 is 32.9 Å². The normalized spacial score (nSPS) is 15.9. The number of aromatic nitrogens is 2. The number of imidazole rings is 1. The Bertz CT molecular complexity index is 1240. The van der Waals surface area contributed by atoms with Gasteiger partial charge in [0.15, 0.2) is 17.2 Å². The minimum Gasteiger partial charge on any atom is -0.406 e. The van der Waals surface area contributed by atoms with Crippen molar-refractivity contribution in [1.82, 2.24) is 14.5 Å². The molecule has 0 saturated heterocycles. The zero-order valence-electron chi connectivity index (χ0n) is 18.9. The van der Waals surface area contributed by atoms with Crippen LogP contribution in [0, 0.1) is 0 Å². The maximum absolute atomic E-state index is 12.9. The SMILES string of the molecule is CN1C(=O)N(CCCO)C(O)c2c1nc(Sc1cccc(OC(F)(F)F)c1)n2Cc1ccc(Cl)cc1. The van der Waals surface area contributed by atoms with Crippen LogP contribution in [-0.2, 0) is 6.54 Å². The van der Waals surface area contributed by atoms with Crippen molar-refractivity contribution >= 4 is 35.2 Å². The molecule has 0 radical (unpaired) electrons. The number of alkyl halides is 3. The molecule has 2 heterocycles. The van der Waals surface area contributed by atoms with Crippen LogP contribution in [0.5, 0.6) is 5.75 Å². The molecule has 0 saturated carbocycles. The molecule has 1 aliphatic heterocycles. The number of aliphatic hydroxyl groups is 2. The fourth-order valence-electron chi connectivity index (χ4n) is 3.77. The van der Waals surface area contributed by atoms with Gasteiger partial charge in [-0.1, -0.05) is 41.6 Å². The zero-order valence-corrected chi connectivity index (χ0v) is 20.5. The first-order chi connectivity index (χ1) is 17.1. The Balaban J connectivity index is 1.76. The molecule has 0 bridgehead atoms. The van der Waals surface area contributed by atoms with Gasteiger partial charge in [-0.25, -0.2) is 9.78 Å². The Morgan fingerprint density at radius 2 is 1.92 bits per heavy atom. The third kappa shape index (κ3) is 5.72. The first-order valence-corrected chi connectivity index (χ1v) is 12.0. The Kier molecular flexibility index (Phi) is 7.69. The lowest BCUT2D eigenvalue weighted by Gasteiger charge is -2.36. The standard InChI is InChI=1S/C23H22ClF3N4O4S/c1-29-19-18(20(33)30(22(29)34)10-3-11-32)31(13-14-6-8-15(24)9-7-14)21(28-19)36-17-5-2-4-16(12-17)35-23(25,26)27/h2,4-9,12,20,32-33H,3,10-11,13H2,1H3. The summed E-state index contributed by atoms with van der Waals surface area (Å²) in [4.78, 5) is 20.4. The highest BCUT2D eigenvalue weighted by molar-refractivity contribution is 7.99. The topological polar surface area (TPSA) is 91.1 Å². The second kappa shape index (κ2) is 10.6. The molecule has 192 valence electrons. The quantitative estimate of drug-likeness (QED) is 0.422. The molecule has 2 amide bonds. The van der Waals surface area contributed by atoms with Gasteiger partial charge in [-0.2, -0.15) is 0 Å². The van der Waals surface area contributed by atoms with Gasteiger partial charge < -0.3 is 19.5 Å². The van der Waals surface area contributed by atoms with Crippen molar-refractivity contribution in [2.75, 3.05) is 25.1 Å². The number of fused-ring (bicyclic) bond motifs is 1. The van der Waals surface area contributed by atoms with E-state index in [4.69, 9.17) is 11.6 Å². The van der Waals surface area contributed by atoms with Gasteiger partial charge >= 0.3 is 12.4 Å². The summed E-state index contributed by atoms with van der Waals surface area (Å²) in [5.74, 6) is -0.150. The number of nitrogens with zero attached hydrogens (tertiary/aromatic N) is 4. The van der Waals surface area contributed by atoms with Gasteiger partial charge in [0.1, 0.15) is 11.4 Å². The van der Waals surface area contributed by atoms with Crippen LogP contribution in [0.2, 0.25) is 5.02 Å². The number of carbonyl (C=O) groups is 1. The molecule has 4 rings (SSSR count). The Hall–Kier alpha value is -2.93. The molecule has 2 aromatic carbocycles. The number of hydrogen-bond acceptors (Lipinski definition) is 6. The van der Waals surface area contributed by atoms with Crippen molar-refractivity contribution in [2.45, 2.75) is 35.6 Å². The number of ether oxygens (including phenoxy) is 1. The van der Waals surface area contributed by atoms with Crippen LogP contribution in [0.1, 0.15) is 23.9 Å². The van der Waals surface area contributed by atoms with Crippen molar-refractivity contribution in [2.24, 2.45) is 0 Å². The van der Waals surface area contributed by atoms with E-state index >= 15 is 0 Å². The number of amides is 2. The fraction of sp³-hybridized carbons (Fsp3) is 0.304. The summed E-state index contributed by atoms with van der Waals surface area (Å²) >= 11 is 7.07. The second-order valence-corrected chi connectivity index (χ2v) is 9.40. The molecule has 3 aromatic rings. The predicted molar refractivity (Wildman–Crippen MR) is 127 cm³/mol. The van der Waals surface area contributed by atoms with E-state index in [0.29, 0.717) is 20.8 Å². The summed E-state index contributed by atoms with van der Waals surface area (Å²) in [7, 11) is 1.52. The largest absolute Gasteiger partial charge is 0.573 e. The van der Waals surface area contributed by atoms with Crippen LogP contribution < -0.4 is 9.64 Å². The first kappa shape index (κ1) is 26.1. The van der Waals surface area contributed by atoms with E-state index in [2.05, 4.69) is 9.72 Å². The lowest BCUT2D eigenvalue weighted by molar-refractivity contribution is -0.274. The van der Waals surface area contributed by atoms with Gasteiger partial charge in [0.2, 0.25) is 0 Å². The molecular formula is C23H22ClF3N4O4S. The Morgan fingerprint density at radius 3 is 2.58 bits per heavy atom. The molecule has 2 N–H and O–H groups in total. The molecule has 0 fully saturated rings. The Morgan fingerprint density at radius 1 is 1.19 bits per heavy atom. The van der Waals surface area contributed by atoms with Gasteiger partial charge in [-0.15, -0.1) is 13.2 Å². The van der Waals surface area contributed by atoms with Crippen molar-refractivity contribution in [3.05, 3.63) is 64.8 Å². The minimum atomic E-state index is -4.83. The van der Waals surface area contributed by atoms with Gasteiger partial charge in [-0.3, -0.25) is 9.80 Å². The third-order valence-corrected chi connectivity index (χ3v) is 6.64. The van der Waals surface area contributed by atoms with Crippen molar-refractivity contribution in [3.63, 3.8) is 0 Å². The number of hydrogen-bond donors (Lipinski definition) is 2. The van der Waals surface area contributed by atoms with Crippen LogP contribution >= 0.6 is 23.4 Å². The molecule has 0 spiro atoms. The van der Waals surface area contributed by atoms with Gasteiger partial charge in [-0.05, 0) is 42.3 Å². The molecule has 1 unspecified atom stereocenters. The molecule has 1 aromatic heterocycles. The summed E-state index contributed by atoms with van der Waals surface area (Å²) < 4.78 is 43.8. The maximum atomic E-state index is 12.9. The average molecular weight is 543 g/mol. The summed E-state index contributed by atoms with van der Waals surface area (Å²) in [6, 6.07) is 12.0. The molecule has 36 heavy (non-hydrogen) atoms. The molecule has 1 aliphatic rings. The smallest absolute Gasteiger partial charge is 0.406 e. The van der Waals surface area contributed by atoms with Crippen molar-refractivity contribution in [3.8, 4) is 5.75 Å². The van der Waals surface area contributed by atoms with E-state index in [1.54, 1.807) is 34.9 Å². The number of anilines is 1. The van der Waals surface area contributed by atoms with E-state index in [9.17, 15) is 28.2 Å². The average Bonchev–Trinajstić information content (AvgIpc) is 3.16. The zero-order chi connectivity index (χ0) is 26.0. The number of aliphatic hydroxyl groups excluding tert-OH is 2. The van der Waals surface area contributed by atoms with E-state index in [1.807, 2.05) is 0 Å². The maximum Gasteiger partial charge on any atom is 0.573 e. The molecule has 1 atom stereocenters. The van der Waals surface area contributed by atoms with Gasteiger partial charge in [0, 0.05) is 30.1 Å². The monoisotopic (exact) mass is 542 g/mol. The lowest BCUT2D eigenvalue weighted by Crippen LogP contribution is -2.49. The molecule has 0 aliphatic carbocycles. The van der Waals surface area contributed by atoms with Crippen LogP contribution in [0.15, 0.2) is 58.6 Å². The summed E-state index contributed by atoms with van der Waals surface area (Å²) in [5.41, 5.74) is 1.17. The van der Waals surface area contributed by atoms with E-state index in [-0.39, 0.29) is 37.7 Å². The highest BCUT2D eigenvalue weighted by Crippen LogP contribution is 2.40. The third-order valence-electron chi connectivity index (χ3n) is 5.40. The number of carbonyl (C=O) groups excluding carboxylic acids is 1. The number of rotatable bonds is 8. The number of urea groups is 1. The van der Waals surface area contributed by atoms with Crippen LogP contribution in [0.3, 0.4) is 0 Å². The van der Waals surface area contributed by atoms with E-state index in [0.717, 1.165) is 17.3 Å². The Labute approximate surface area is 213 Å². The minimum absolute atomic E-state index is 0.117. The summed E-state index contributed by atoms with van der Waals surface area (Å²) in [5, 5.41) is 21.3. The van der Waals surface area contributed by atoms with E-state index in [1.165, 1.54) is 35.0 Å². The van der Waals surface area contributed by atoms with E-state index < -0.39 is 18.6 Å². The predicted octanol–water partition coefficient (Wildman–Crippen LogP) is 4.88. The van der Waals surface area contributed by atoms with Crippen LogP contribution in [0.4, 0.5) is 23.8 Å². The number of benzene rings is 2. The molecule has 13 heteroatoms. The second-order valence-electron chi connectivity index (χ2n) is 7.93.